The van der Waals surface area contributed by atoms with Crippen molar-refractivity contribution in [2.75, 3.05) is 0 Å². The molecule has 3 nitrogen and oxygen atoms in total. The number of aryl methyl sites for hydroxylation is 1. The fraction of sp³-hybridized carbons (Fsp3) is 0.357. The number of rotatable bonds is 4. The Kier molecular flexibility index (Phi) is 3.99. The lowest BCUT2D eigenvalue weighted by Crippen LogP contribution is -2.22. The quantitative estimate of drug-likeness (QED) is 0.885. The van der Waals surface area contributed by atoms with E-state index in [2.05, 4.69) is 24.1 Å². The van der Waals surface area contributed by atoms with Gasteiger partial charge in [0.2, 0.25) is 0 Å². The fourth-order valence-electron chi connectivity index (χ4n) is 1.96. The van der Waals surface area contributed by atoms with Crippen LogP contribution in [0.15, 0.2) is 30.5 Å². The van der Waals surface area contributed by atoms with Gasteiger partial charge in [-0.3, -0.25) is 0 Å². The van der Waals surface area contributed by atoms with Crippen molar-refractivity contribution in [1.29, 1.82) is 0 Å². The highest BCUT2D eigenvalue weighted by atomic mass is 32.1. The van der Waals surface area contributed by atoms with E-state index in [0.29, 0.717) is 5.75 Å². The number of thiazole rings is 1. The molecule has 0 spiro atoms. The molecule has 2 aromatic rings. The minimum absolute atomic E-state index is 0.0883. The van der Waals surface area contributed by atoms with Gasteiger partial charge in [0.1, 0.15) is 10.8 Å². The van der Waals surface area contributed by atoms with Gasteiger partial charge in [-0.1, -0.05) is 18.2 Å². The second kappa shape index (κ2) is 5.50. The Morgan fingerprint density at radius 2 is 1.94 bits per heavy atom. The van der Waals surface area contributed by atoms with Gasteiger partial charge in [0.15, 0.2) is 0 Å². The Hall–Kier alpha value is -1.39. The van der Waals surface area contributed by atoms with Crippen LogP contribution in [0.25, 0.3) is 0 Å². The molecule has 1 aromatic carbocycles. The number of benzene rings is 1. The first-order valence-corrected chi connectivity index (χ1v) is 6.86. The van der Waals surface area contributed by atoms with E-state index in [0.717, 1.165) is 10.6 Å². The molecule has 0 fully saturated rings. The zero-order chi connectivity index (χ0) is 13.1. The average Bonchev–Trinajstić information content (AvgIpc) is 2.76. The second-order valence-corrected chi connectivity index (χ2v) is 5.74. The maximum Gasteiger partial charge on any atom is 0.120 e. The lowest BCUT2D eigenvalue weighted by Gasteiger charge is -2.19. The normalized spacial score (nSPS) is 14.4. The van der Waals surface area contributed by atoms with E-state index in [-0.39, 0.29) is 12.1 Å². The van der Waals surface area contributed by atoms with E-state index >= 15 is 0 Å². The van der Waals surface area contributed by atoms with E-state index in [1.807, 2.05) is 31.3 Å². The smallest absolute Gasteiger partial charge is 0.120 e. The number of aromatic nitrogens is 1. The van der Waals surface area contributed by atoms with Crippen molar-refractivity contribution in [2.24, 2.45) is 0 Å². The Morgan fingerprint density at radius 1 is 1.22 bits per heavy atom. The molecule has 2 unspecified atom stereocenters. The van der Waals surface area contributed by atoms with Crippen LogP contribution in [0.4, 0.5) is 0 Å². The van der Waals surface area contributed by atoms with Gasteiger partial charge in [0.25, 0.3) is 0 Å². The van der Waals surface area contributed by atoms with Crippen LogP contribution in [0.3, 0.4) is 0 Å². The molecular weight excluding hydrogens is 244 g/mol. The summed E-state index contributed by atoms with van der Waals surface area (Å²) in [6, 6.07) is 7.69. The number of hydrogen-bond donors (Lipinski definition) is 2. The molecule has 2 rings (SSSR count). The summed E-state index contributed by atoms with van der Waals surface area (Å²) in [6.07, 6.45) is 1.89. The van der Waals surface area contributed by atoms with Crippen LogP contribution in [0.2, 0.25) is 0 Å². The summed E-state index contributed by atoms with van der Waals surface area (Å²) in [5.41, 5.74) is 0.914. The van der Waals surface area contributed by atoms with Gasteiger partial charge in [-0.2, -0.15) is 0 Å². The van der Waals surface area contributed by atoms with Crippen molar-refractivity contribution < 1.29 is 5.11 Å². The van der Waals surface area contributed by atoms with Crippen LogP contribution in [-0.4, -0.2) is 10.1 Å². The average molecular weight is 262 g/mol. The van der Waals surface area contributed by atoms with Crippen molar-refractivity contribution in [1.82, 2.24) is 10.3 Å². The highest BCUT2D eigenvalue weighted by molar-refractivity contribution is 7.11. The number of nitrogens with zero attached hydrogens (tertiary/aromatic N) is 1. The molecule has 1 aromatic heterocycles. The molecule has 1 heterocycles. The third-order valence-corrected chi connectivity index (χ3v) is 4.01. The zero-order valence-corrected chi connectivity index (χ0v) is 11.7. The monoisotopic (exact) mass is 262 g/mol. The Bertz CT molecular complexity index is 524. The standard InChI is InChI=1S/C14H18N2OS/c1-9-8-15-14(18-9)11(3)16-10(2)12-6-4-5-7-13(12)17/h4-8,10-11,16-17H,1-3H3. The third-order valence-electron chi connectivity index (χ3n) is 2.91. The summed E-state index contributed by atoms with van der Waals surface area (Å²) in [5, 5.41) is 14.3. The molecule has 0 aliphatic rings. The number of aromatic hydroxyl groups is 1. The van der Waals surface area contributed by atoms with Gasteiger partial charge in [-0.25, -0.2) is 4.98 Å². The van der Waals surface area contributed by atoms with Gasteiger partial charge >= 0.3 is 0 Å². The van der Waals surface area contributed by atoms with Crippen molar-refractivity contribution in [3.63, 3.8) is 0 Å². The summed E-state index contributed by atoms with van der Waals surface area (Å²) in [5.74, 6) is 0.333. The third kappa shape index (κ3) is 2.89. The molecule has 0 radical (unpaired) electrons. The molecule has 0 aliphatic heterocycles. The lowest BCUT2D eigenvalue weighted by atomic mass is 10.1. The van der Waals surface area contributed by atoms with Crippen molar-refractivity contribution >= 4 is 11.3 Å². The predicted molar refractivity (Wildman–Crippen MR) is 74.9 cm³/mol. The van der Waals surface area contributed by atoms with Crippen molar-refractivity contribution in [3.05, 3.63) is 45.9 Å². The number of phenols is 1. The molecule has 0 saturated carbocycles. The van der Waals surface area contributed by atoms with E-state index in [9.17, 15) is 5.11 Å². The number of para-hydroxylation sites is 1. The number of nitrogens with one attached hydrogen (secondary N) is 1. The Morgan fingerprint density at radius 3 is 2.56 bits per heavy atom. The fourth-order valence-corrected chi connectivity index (χ4v) is 2.75. The van der Waals surface area contributed by atoms with Gasteiger partial charge in [0.05, 0.1) is 6.04 Å². The maximum atomic E-state index is 9.82. The summed E-state index contributed by atoms with van der Waals surface area (Å²) < 4.78 is 0. The van der Waals surface area contributed by atoms with Crippen LogP contribution in [0.5, 0.6) is 5.75 Å². The highest BCUT2D eigenvalue weighted by Crippen LogP contribution is 2.27. The Balaban J connectivity index is 2.08. The van der Waals surface area contributed by atoms with Gasteiger partial charge in [-0.05, 0) is 26.8 Å². The van der Waals surface area contributed by atoms with Crippen molar-refractivity contribution in [3.8, 4) is 5.75 Å². The summed E-state index contributed by atoms with van der Waals surface area (Å²) in [4.78, 5) is 5.59. The first-order valence-electron chi connectivity index (χ1n) is 6.04. The first-order chi connectivity index (χ1) is 8.58. The minimum Gasteiger partial charge on any atom is -0.508 e. The van der Waals surface area contributed by atoms with Gasteiger partial charge in [0, 0.05) is 22.7 Å². The minimum atomic E-state index is 0.0883. The van der Waals surface area contributed by atoms with E-state index in [1.165, 1.54) is 4.88 Å². The topological polar surface area (TPSA) is 45.2 Å². The van der Waals surface area contributed by atoms with Gasteiger partial charge in [-0.15, -0.1) is 11.3 Å². The molecule has 0 aliphatic carbocycles. The molecule has 18 heavy (non-hydrogen) atoms. The van der Waals surface area contributed by atoms with E-state index in [4.69, 9.17) is 0 Å². The van der Waals surface area contributed by atoms with Crippen molar-refractivity contribution in [2.45, 2.75) is 32.9 Å². The van der Waals surface area contributed by atoms with Crippen LogP contribution in [-0.2, 0) is 0 Å². The zero-order valence-electron chi connectivity index (χ0n) is 10.8. The molecule has 2 atom stereocenters. The molecule has 96 valence electrons. The SMILES string of the molecule is Cc1cnc(C(C)NC(C)c2ccccc2O)s1. The summed E-state index contributed by atoms with van der Waals surface area (Å²) in [7, 11) is 0. The van der Waals surface area contributed by atoms with Gasteiger partial charge < -0.3 is 10.4 Å². The molecule has 0 saturated heterocycles. The summed E-state index contributed by atoms with van der Waals surface area (Å²) in [6.45, 7) is 6.20. The Labute approximate surface area is 112 Å². The number of hydrogen-bond acceptors (Lipinski definition) is 4. The maximum absolute atomic E-state index is 9.82. The van der Waals surface area contributed by atoms with E-state index in [1.54, 1.807) is 17.4 Å². The largest absolute Gasteiger partial charge is 0.508 e. The molecule has 2 N–H and O–H groups in total. The van der Waals surface area contributed by atoms with Crippen LogP contribution < -0.4 is 5.32 Å². The predicted octanol–water partition coefficient (Wildman–Crippen LogP) is 3.57. The van der Waals surface area contributed by atoms with Crippen LogP contribution in [0, 0.1) is 6.92 Å². The molecule has 0 bridgehead atoms. The molecule has 4 heteroatoms. The van der Waals surface area contributed by atoms with Crippen LogP contribution >= 0.6 is 11.3 Å². The second-order valence-electron chi connectivity index (χ2n) is 4.48. The number of phenolic OH excluding ortho intramolecular Hbond substituents is 1. The first kappa shape index (κ1) is 13.1. The summed E-state index contributed by atoms with van der Waals surface area (Å²) >= 11 is 1.70. The molecular formula is C14H18N2OS. The lowest BCUT2D eigenvalue weighted by molar-refractivity contribution is 0.438. The van der Waals surface area contributed by atoms with E-state index < -0.39 is 0 Å². The highest BCUT2D eigenvalue weighted by Gasteiger charge is 2.15. The molecule has 0 amide bonds. The van der Waals surface area contributed by atoms with Crippen LogP contribution in [0.1, 0.15) is 41.4 Å².